The number of carbonyl (C=O) groups excluding carboxylic acids is 3. The molecule has 0 unspecified atom stereocenters. The van der Waals surface area contributed by atoms with Crippen LogP contribution in [0.1, 0.15) is 36.2 Å². The van der Waals surface area contributed by atoms with Crippen LogP contribution in [-0.4, -0.2) is 17.8 Å². The fraction of sp³-hybridized carbons (Fsp3) is 0.462. The predicted octanol–water partition coefficient (Wildman–Crippen LogP) is 0.359. The van der Waals surface area contributed by atoms with E-state index >= 15 is 0 Å². The summed E-state index contributed by atoms with van der Waals surface area (Å²) in [6.07, 6.45) is 2.42. The van der Waals surface area contributed by atoms with Crippen LogP contribution >= 0.6 is 15.9 Å². The normalized spacial score (nSPS) is 21.6. The van der Waals surface area contributed by atoms with E-state index in [1.54, 1.807) is 6.07 Å². The van der Waals surface area contributed by atoms with E-state index < -0.39 is 29.6 Å². The van der Waals surface area contributed by atoms with Gasteiger partial charge in [-0.15, -0.1) is 0 Å². The Labute approximate surface area is 129 Å². The summed E-state index contributed by atoms with van der Waals surface area (Å²) in [5.41, 5.74) is 4.44. The molecule has 1 aromatic heterocycles. The number of rotatable bonds is 3. The van der Waals surface area contributed by atoms with Gasteiger partial charge in [-0.2, -0.15) is 0 Å². The molecule has 8 heteroatoms. The van der Waals surface area contributed by atoms with Crippen LogP contribution in [0.4, 0.5) is 0 Å². The molecule has 2 N–H and O–H groups in total. The van der Waals surface area contributed by atoms with E-state index in [2.05, 4.69) is 26.8 Å². The number of furan rings is 1. The second kappa shape index (κ2) is 6.75. The van der Waals surface area contributed by atoms with Crippen molar-refractivity contribution in [3.05, 3.63) is 22.6 Å². The van der Waals surface area contributed by atoms with E-state index in [4.69, 9.17) is 4.42 Å². The summed E-state index contributed by atoms with van der Waals surface area (Å²) in [7, 11) is 0. The summed E-state index contributed by atoms with van der Waals surface area (Å²) in [6, 6.07) is 2.99. The molecule has 0 saturated heterocycles. The summed E-state index contributed by atoms with van der Waals surface area (Å²) < 4.78 is 5.42. The maximum atomic E-state index is 12.0. The standard InChI is InChI=1S/C13H15BrN2O5/c14-10-6-5-9(21-10)12(18)16-15-11(17)7-3-1-2-4-8(7)13(19)20/h5-8H,1-4H2,(H,15,17)(H,16,18)(H,19,20)/p-1/t7-,8-/m0/s1. The molecular weight excluding hydrogens is 344 g/mol. The molecule has 0 aromatic carbocycles. The van der Waals surface area contributed by atoms with E-state index in [0.717, 1.165) is 12.8 Å². The molecule has 1 aliphatic rings. The molecule has 0 radical (unpaired) electrons. The number of halogens is 1. The first-order valence-electron chi connectivity index (χ1n) is 6.55. The number of carbonyl (C=O) groups is 3. The SMILES string of the molecule is O=C(NNC(=O)[C@H]1CCCC[C@@H]1C(=O)[O-])c1ccc(Br)o1. The number of aliphatic carboxylic acids is 1. The molecule has 7 nitrogen and oxygen atoms in total. The van der Waals surface area contributed by atoms with Crippen molar-refractivity contribution in [3.63, 3.8) is 0 Å². The number of carboxylic acids is 1. The summed E-state index contributed by atoms with van der Waals surface area (Å²) in [4.78, 5) is 34.7. The molecule has 1 aromatic rings. The lowest BCUT2D eigenvalue weighted by Crippen LogP contribution is -2.49. The van der Waals surface area contributed by atoms with Gasteiger partial charge in [0.1, 0.15) is 0 Å². The third kappa shape index (κ3) is 3.84. The zero-order valence-electron chi connectivity index (χ0n) is 11.1. The van der Waals surface area contributed by atoms with Gasteiger partial charge in [-0.25, -0.2) is 0 Å². The van der Waals surface area contributed by atoms with Gasteiger partial charge in [0.15, 0.2) is 10.4 Å². The van der Waals surface area contributed by atoms with Gasteiger partial charge >= 0.3 is 5.91 Å². The maximum Gasteiger partial charge on any atom is 0.305 e. The predicted molar refractivity (Wildman–Crippen MR) is 72.5 cm³/mol. The van der Waals surface area contributed by atoms with Crippen LogP contribution in [0.2, 0.25) is 0 Å². The first-order valence-corrected chi connectivity index (χ1v) is 7.34. The van der Waals surface area contributed by atoms with Crippen molar-refractivity contribution in [2.45, 2.75) is 25.7 Å². The highest BCUT2D eigenvalue weighted by Crippen LogP contribution is 2.29. The summed E-state index contributed by atoms with van der Waals surface area (Å²) in [6.45, 7) is 0. The average Bonchev–Trinajstić information content (AvgIpc) is 2.91. The van der Waals surface area contributed by atoms with Gasteiger partial charge in [0.2, 0.25) is 5.91 Å². The third-order valence-corrected chi connectivity index (χ3v) is 3.93. The fourth-order valence-electron chi connectivity index (χ4n) is 2.44. The van der Waals surface area contributed by atoms with Crippen LogP contribution in [0.5, 0.6) is 0 Å². The minimum Gasteiger partial charge on any atom is -0.550 e. The van der Waals surface area contributed by atoms with Crippen molar-refractivity contribution in [1.82, 2.24) is 10.9 Å². The number of hydrazine groups is 1. The zero-order chi connectivity index (χ0) is 15.4. The minimum atomic E-state index is -1.23. The van der Waals surface area contributed by atoms with E-state index in [-0.39, 0.29) is 5.76 Å². The molecule has 1 aliphatic carbocycles. The molecule has 2 rings (SSSR count). The van der Waals surface area contributed by atoms with Crippen molar-refractivity contribution in [1.29, 1.82) is 0 Å². The Morgan fingerprint density at radius 2 is 1.81 bits per heavy atom. The molecule has 2 amide bonds. The Morgan fingerprint density at radius 1 is 1.14 bits per heavy atom. The quantitative estimate of drug-likeness (QED) is 0.758. The van der Waals surface area contributed by atoms with Gasteiger partial charge in [0.25, 0.3) is 0 Å². The number of amides is 2. The molecule has 2 atom stereocenters. The van der Waals surface area contributed by atoms with Gasteiger partial charge in [0.05, 0.1) is 0 Å². The van der Waals surface area contributed by atoms with Crippen molar-refractivity contribution >= 4 is 33.7 Å². The van der Waals surface area contributed by atoms with Gasteiger partial charge in [-0.1, -0.05) is 12.8 Å². The first-order chi connectivity index (χ1) is 9.99. The Kier molecular flexibility index (Phi) is 5.00. The second-order valence-electron chi connectivity index (χ2n) is 4.86. The lowest BCUT2D eigenvalue weighted by Gasteiger charge is -2.30. The first kappa shape index (κ1) is 15.6. The number of nitrogens with one attached hydrogen (secondary N) is 2. The van der Waals surface area contributed by atoms with E-state index in [1.807, 2.05) is 0 Å². The van der Waals surface area contributed by atoms with Crippen LogP contribution < -0.4 is 16.0 Å². The highest BCUT2D eigenvalue weighted by atomic mass is 79.9. The van der Waals surface area contributed by atoms with E-state index in [1.165, 1.54) is 6.07 Å². The lowest BCUT2D eigenvalue weighted by molar-refractivity contribution is -0.314. The molecular formula is C13H14BrN2O5-. The largest absolute Gasteiger partial charge is 0.550 e. The van der Waals surface area contributed by atoms with E-state index in [0.29, 0.717) is 17.5 Å². The Hall–Kier alpha value is -1.83. The molecule has 1 saturated carbocycles. The third-order valence-electron chi connectivity index (χ3n) is 3.50. The van der Waals surface area contributed by atoms with Crippen molar-refractivity contribution in [3.8, 4) is 0 Å². The number of carboxylic acid groups (broad SMARTS) is 1. The molecule has 21 heavy (non-hydrogen) atoms. The zero-order valence-corrected chi connectivity index (χ0v) is 12.6. The van der Waals surface area contributed by atoms with E-state index in [9.17, 15) is 19.5 Å². The Morgan fingerprint density at radius 3 is 2.38 bits per heavy atom. The maximum absolute atomic E-state index is 12.0. The molecule has 114 valence electrons. The topological polar surface area (TPSA) is 111 Å². The van der Waals surface area contributed by atoms with Crippen LogP contribution in [0, 0.1) is 11.8 Å². The average molecular weight is 358 g/mol. The van der Waals surface area contributed by atoms with Crippen molar-refractivity contribution in [2.75, 3.05) is 0 Å². The van der Waals surface area contributed by atoms with Gasteiger partial charge in [-0.3, -0.25) is 20.4 Å². The Bertz CT molecular complexity index is 557. The fourth-order valence-corrected chi connectivity index (χ4v) is 2.74. The molecule has 1 heterocycles. The highest BCUT2D eigenvalue weighted by Gasteiger charge is 2.32. The molecule has 0 bridgehead atoms. The highest BCUT2D eigenvalue weighted by molar-refractivity contribution is 9.10. The smallest absolute Gasteiger partial charge is 0.305 e. The monoisotopic (exact) mass is 357 g/mol. The lowest BCUT2D eigenvalue weighted by atomic mass is 9.79. The van der Waals surface area contributed by atoms with Gasteiger partial charge in [0, 0.05) is 17.8 Å². The van der Waals surface area contributed by atoms with Crippen LogP contribution in [-0.2, 0) is 9.59 Å². The Balaban J connectivity index is 1.91. The number of hydrogen-bond acceptors (Lipinski definition) is 5. The van der Waals surface area contributed by atoms with Crippen molar-refractivity contribution in [2.24, 2.45) is 11.8 Å². The summed E-state index contributed by atoms with van der Waals surface area (Å²) in [5, 5.41) is 11.0. The minimum absolute atomic E-state index is 0.0299. The van der Waals surface area contributed by atoms with Gasteiger partial charge < -0.3 is 14.3 Å². The van der Waals surface area contributed by atoms with Crippen LogP contribution in [0.15, 0.2) is 21.2 Å². The summed E-state index contributed by atoms with van der Waals surface area (Å²) in [5.74, 6) is -3.84. The van der Waals surface area contributed by atoms with Crippen molar-refractivity contribution < 1.29 is 23.9 Å². The van der Waals surface area contributed by atoms with Gasteiger partial charge in [-0.05, 0) is 40.9 Å². The van der Waals surface area contributed by atoms with Crippen LogP contribution in [0.25, 0.3) is 0 Å². The van der Waals surface area contributed by atoms with Crippen LogP contribution in [0.3, 0.4) is 0 Å². The molecule has 0 aliphatic heterocycles. The summed E-state index contributed by atoms with van der Waals surface area (Å²) >= 11 is 3.06. The molecule has 0 spiro atoms. The second-order valence-corrected chi connectivity index (χ2v) is 5.65. The number of hydrogen-bond donors (Lipinski definition) is 2. The molecule has 1 fully saturated rings.